The van der Waals surface area contributed by atoms with Crippen molar-refractivity contribution >= 4 is 5.97 Å². The number of fused-ring (bicyclic) bond motifs is 1. The summed E-state index contributed by atoms with van der Waals surface area (Å²) >= 11 is 0. The smallest absolute Gasteiger partial charge is 0.311 e. The minimum atomic E-state index is -0.550. The van der Waals surface area contributed by atoms with Crippen molar-refractivity contribution in [3.8, 4) is 17.2 Å². The molecule has 3 aromatic carbocycles. The summed E-state index contributed by atoms with van der Waals surface area (Å²) in [6.45, 7) is 6.41. The third kappa shape index (κ3) is 4.54. The third-order valence-electron chi connectivity index (χ3n) is 6.95. The second kappa shape index (κ2) is 9.92. The molecule has 1 unspecified atom stereocenters. The Morgan fingerprint density at radius 2 is 1.59 bits per heavy atom. The van der Waals surface area contributed by atoms with E-state index in [1.165, 1.54) is 5.56 Å². The number of carbonyl (C=O) groups excluding carboxylic acids is 1. The molecule has 1 heterocycles. The second-order valence-electron chi connectivity index (χ2n) is 9.49. The van der Waals surface area contributed by atoms with E-state index in [1.54, 1.807) is 7.11 Å². The van der Waals surface area contributed by atoms with Crippen LogP contribution < -0.4 is 14.2 Å². The van der Waals surface area contributed by atoms with E-state index in [-0.39, 0.29) is 5.97 Å². The van der Waals surface area contributed by atoms with Crippen molar-refractivity contribution in [2.24, 2.45) is 0 Å². The summed E-state index contributed by atoms with van der Waals surface area (Å²) in [5.41, 5.74) is 2.46. The summed E-state index contributed by atoms with van der Waals surface area (Å²) in [4.78, 5) is 12.2. The van der Waals surface area contributed by atoms with Crippen molar-refractivity contribution in [1.29, 1.82) is 0 Å². The first-order valence-corrected chi connectivity index (χ1v) is 12.1. The fraction of sp³-hybridized carbons (Fsp3) is 0.367. The molecule has 0 saturated carbocycles. The highest BCUT2D eigenvalue weighted by Crippen LogP contribution is 2.51. The van der Waals surface area contributed by atoms with Gasteiger partial charge >= 0.3 is 5.97 Å². The SMILES string of the molecule is CCCCCC(=O)Oc1ccc(C2(c3ccccc3)Cc3ccc(OC)cc3OC2(C)C)cc1. The lowest BCUT2D eigenvalue weighted by atomic mass is 9.60. The maximum Gasteiger partial charge on any atom is 0.311 e. The molecule has 0 radical (unpaired) electrons. The molecule has 0 N–H and O–H groups in total. The van der Waals surface area contributed by atoms with Gasteiger partial charge in [0.15, 0.2) is 0 Å². The van der Waals surface area contributed by atoms with Crippen molar-refractivity contribution in [2.75, 3.05) is 7.11 Å². The van der Waals surface area contributed by atoms with Crippen molar-refractivity contribution in [3.63, 3.8) is 0 Å². The topological polar surface area (TPSA) is 44.8 Å². The van der Waals surface area contributed by atoms with Crippen LogP contribution in [0, 0.1) is 0 Å². The number of carbonyl (C=O) groups is 1. The average Bonchev–Trinajstić information content (AvgIpc) is 2.84. The molecule has 178 valence electrons. The summed E-state index contributed by atoms with van der Waals surface area (Å²) in [7, 11) is 1.67. The number of methoxy groups -OCH3 is 1. The molecule has 4 rings (SSSR count). The van der Waals surface area contributed by atoms with Gasteiger partial charge in [-0.2, -0.15) is 0 Å². The molecule has 1 aliphatic heterocycles. The molecule has 3 aromatic rings. The van der Waals surface area contributed by atoms with Crippen molar-refractivity contribution in [2.45, 2.75) is 63.9 Å². The van der Waals surface area contributed by atoms with E-state index < -0.39 is 11.0 Å². The Morgan fingerprint density at radius 3 is 2.26 bits per heavy atom. The summed E-state index contributed by atoms with van der Waals surface area (Å²) in [6, 6.07) is 24.5. The van der Waals surface area contributed by atoms with Crippen LogP contribution in [-0.4, -0.2) is 18.7 Å². The third-order valence-corrected chi connectivity index (χ3v) is 6.95. The van der Waals surface area contributed by atoms with Crippen molar-refractivity contribution < 1.29 is 19.0 Å². The van der Waals surface area contributed by atoms with Gasteiger partial charge < -0.3 is 14.2 Å². The number of hydrogen-bond donors (Lipinski definition) is 0. The van der Waals surface area contributed by atoms with Crippen LogP contribution in [0.2, 0.25) is 0 Å². The molecule has 0 spiro atoms. The number of hydrogen-bond acceptors (Lipinski definition) is 4. The molecular formula is C30H34O4. The lowest BCUT2D eigenvalue weighted by Gasteiger charge is -2.51. The van der Waals surface area contributed by atoms with E-state index in [4.69, 9.17) is 14.2 Å². The van der Waals surface area contributed by atoms with E-state index in [2.05, 4.69) is 63.2 Å². The molecular weight excluding hydrogens is 424 g/mol. The highest BCUT2D eigenvalue weighted by Gasteiger charge is 2.52. The summed E-state index contributed by atoms with van der Waals surface area (Å²) in [5, 5.41) is 0. The zero-order chi connectivity index (χ0) is 24.2. The quantitative estimate of drug-likeness (QED) is 0.210. The first-order chi connectivity index (χ1) is 16.4. The van der Waals surface area contributed by atoms with Crippen LogP contribution in [0.5, 0.6) is 17.2 Å². The van der Waals surface area contributed by atoms with Gasteiger partial charge in [0.25, 0.3) is 0 Å². The van der Waals surface area contributed by atoms with Gasteiger partial charge in [-0.05, 0) is 61.6 Å². The summed E-state index contributed by atoms with van der Waals surface area (Å²) < 4.78 is 17.7. The molecule has 0 aromatic heterocycles. The maximum atomic E-state index is 12.2. The monoisotopic (exact) mass is 458 g/mol. The van der Waals surface area contributed by atoms with E-state index >= 15 is 0 Å². The Bertz CT molecular complexity index is 1120. The van der Waals surface area contributed by atoms with Gasteiger partial charge in [0.1, 0.15) is 22.8 Å². The Labute approximate surface area is 202 Å². The molecule has 0 amide bonds. The normalized spacial score (nSPS) is 18.5. The molecule has 0 fully saturated rings. The van der Waals surface area contributed by atoms with E-state index in [0.717, 1.165) is 48.3 Å². The van der Waals surface area contributed by atoms with Crippen LogP contribution >= 0.6 is 0 Å². The first kappa shape index (κ1) is 23.9. The Kier molecular flexibility index (Phi) is 6.97. The molecule has 1 aliphatic rings. The Morgan fingerprint density at radius 1 is 0.912 bits per heavy atom. The van der Waals surface area contributed by atoms with Gasteiger partial charge in [-0.3, -0.25) is 4.79 Å². The molecule has 4 nitrogen and oxygen atoms in total. The van der Waals surface area contributed by atoms with Crippen LogP contribution in [0.3, 0.4) is 0 Å². The van der Waals surface area contributed by atoms with Crippen LogP contribution in [0.15, 0.2) is 72.8 Å². The fourth-order valence-corrected chi connectivity index (χ4v) is 5.06. The molecule has 4 heteroatoms. The predicted molar refractivity (Wildman–Crippen MR) is 135 cm³/mol. The van der Waals surface area contributed by atoms with Crippen LogP contribution in [0.4, 0.5) is 0 Å². The fourth-order valence-electron chi connectivity index (χ4n) is 5.06. The van der Waals surface area contributed by atoms with Crippen molar-refractivity contribution in [1.82, 2.24) is 0 Å². The van der Waals surface area contributed by atoms with Crippen LogP contribution in [0.1, 0.15) is 63.1 Å². The highest BCUT2D eigenvalue weighted by atomic mass is 16.5. The zero-order valence-electron chi connectivity index (χ0n) is 20.6. The number of rotatable bonds is 8. The first-order valence-electron chi connectivity index (χ1n) is 12.1. The minimum Gasteiger partial charge on any atom is -0.497 e. The van der Waals surface area contributed by atoms with Gasteiger partial charge in [0, 0.05) is 12.5 Å². The highest BCUT2D eigenvalue weighted by molar-refractivity contribution is 5.72. The number of esters is 1. The summed E-state index contributed by atoms with van der Waals surface area (Å²) in [5.74, 6) is 2.04. The maximum absolute atomic E-state index is 12.2. The van der Waals surface area contributed by atoms with E-state index in [9.17, 15) is 4.79 Å². The van der Waals surface area contributed by atoms with E-state index in [0.29, 0.717) is 12.2 Å². The Hall–Kier alpha value is -3.27. The van der Waals surface area contributed by atoms with Gasteiger partial charge in [0.2, 0.25) is 0 Å². The minimum absolute atomic E-state index is 0.178. The van der Waals surface area contributed by atoms with Gasteiger partial charge in [-0.15, -0.1) is 0 Å². The second-order valence-corrected chi connectivity index (χ2v) is 9.49. The van der Waals surface area contributed by atoms with Gasteiger partial charge in [0.05, 0.1) is 12.5 Å². The van der Waals surface area contributed by atoms with E-state index in [1.807, 2.05) is 30.3 Å². The number of benzene rings is 3. The van der Waals surface area contributed by atoms with Gasteiger partial charge in [-0.1, -0.05) is 68.3 Å². The average molecular weight is 459 g/mol. The molecule has 1 atom stereocenters. The molecule has 0 aliphatic carbocycles. The standard InChI is InChI=1S/C30H34O4/c1-5-6-8-13-28(31)33-25-18-15-24(16-19-25)30(23-11-9-7-10-12-23)21-22-14-17-26(32-4)20-27(22)34-29(30,2)3/h7,9-12,14-20H,5-6,8,13,21H2,1-4H3. The Balaban J connectivity index is 1.72. The number of ether oxygens (including phenoxy) is 3. The van der Waals surface area contributed by atoms with Crippen LogP contribution in [-0.2, 0) is 16.6 Å². The summed E-state index contributed by atoms with van der Waals surface area (Å²) in [6.07, 6.45) is 4.21. The lowest BCUT2D eigenvalue weighted by Crippen LogP contribution is -2.56. The predicted octanol–water partition coefficient (Wildman–Crippen LogP) is 6.88. The molecule has 0 bridgehead atoms. The lowest BCUT2D eigenvalue weighted by molar-refractivity contribution is -0.134. The number of unbranched alkanes of at least 4 members (excludes halogenated alkanes) is 2. The largest absolute Gasteiger partial charge is 0.497 e. The molecule has 0 saturated heterocycles. The molecule has 34 heavy (non-hydrogen) atoms. The van der Waals surface area contributed by atoms with Crippen molar-refractivity contribution in [3.05, 3.63) is 89.5 Å². The zero-order valence-corrected chi connectivity index (χ0v) is 20.6. The van der Waals surface area contributed by atoms with Crippen LogP contribution in [0.25, 0.3) is 0 Å². The van der Waals surface area contributed by atoms with Gasteiger partial charge in [-0.25, -0.2) is 0 Å².